The second kappa shape index (κ2) is 4.57. The summed E-state index contributed by atoms with van der Waals surface area (Å²) < 4.78 is 1.67. The van der Waals surface area contributed by atoms with Crippen LogP contribution in [0.3, 0.4) is 0 Å². The van der Waals surface area contributed by atoms with Gasteiger partial charge in [-0.05, 0) is 12.8 Å². The van der Waals surface area contributed by atoms with Gasteiger partial charge in [0.05, 0.1) is 6.04 Å². The molecule has 1 amide bonds. The molecule has 0 spiro atoms. The lowest BCUT2D eigenvalue weighted by molar-refractivity contribution is -0.114. The van der Waals surface area contributed by atoms with Crippen molar-refractivity contribution in [3.8, 4) is 0 Å². The van der Waals surface area contributed by atoms with Crippen LogP contribution >= 0.6 is 0 Å². The molecular weight excluding hydrogens is 222 g/mol. The lowest BCUT2D eigenvalue weighted by atomic mass is 10.2. The standard InChI is InChI=1S/C11H15N3O3/c1-7(15)12-10-9(11(16)17)6-14(13-10)8-4-2-3-5-8/h6,8H,2-5H2,1H3,(H,16,17)(H,12,13,15). The Hall–Kier alpha value is -1.85. The predicted molar refractivity (Wildman–Crippen MR) is 61.0 cm³/mol. The SMILES string of the molecule is CC(=O)Nc1nn(C2CCCC2)cc1C(=O)O. The van der Waals surface area contributed by atoms with Gasteiger partial charge >= 0.3 is 5.97 Å². The van der Waals surface area contributed by atoms with Crippen LogP contribution in [0.5, 0.6) is 0 Å². The normalized spacial score (nSPS) is 16.1. The second-order valence-corrected chi connectivity index (χ2v) is 4.30. The highest BCUT2D eigenvalue weighted by Gasteiger charge is 2.22. The van der Waals surface area contributed by atoms with E-state index in [4.69, 9.17) is 5.11 Å². The number of nitrogens with zero attached hydrogens (tertiary/aromatic N) is 2. The van der Waals surface area contributed by atoms with Crippen molar-refractivity contribution >= 4 is 17.7 Å². The van der Waals surface area contributed by atoms with Crippen molar-refractivity contribution in [3.05, 3.63) is 11.8 Å². The Balaban J connectivity index is 2.29. The Morgan fingerprint density at radius 3 is 2.65 bits per heavy atom. The minimum Gasteiger partial charge on any atom is -0.477 e. The zero-order valence-electron chi connectivity index (χ0n) is 9.64. The molecule has 0 aromatic carbocycles. The molecule has 0 radical (unpaired) electrons. The van der Waals surface area contributed by atoms with Gasteiger partial charge in [0.25, 0.3) is 0 Å². The molecule has 1 fully saturated rings. The van der Waals surface area contributed by atoms with Gasteiger partial charge in [0, 0.05) is 13.1 Å². The average molecular weight is 237 g/mol. The number of hydrogen-bond donors (Lipinski definition) is 2. The first-order chi connectivity index (χ1) is 8.08. The Bertz CT molecular complexity index is 447. The molecule has 0 unspecified atom stereocenters. The van der Waals surface area contributed by atoms with Gasteiger partial charge in [0.1, 0.15) is 5.56 Å². The van der Waals surface area contributed by atoms with Crippen LogP contribution in [0.1, 0.15) is 49.0 Å². The molecule has 92 valence electrons. The molecule has 2 N–H and O–H groups in total. The predicted octanol–water partition coefficient (Wildman–Crippen LogP) is 1.65. The fourth-order valence-electron chi connectivity index (χ4n) is 2.16. The summed E-state index contributed by atoms with van der Waals surface area (Å²) in [6, 6.07) is 0.260. The lowest BCUT2D eigenvalue weighted by Gasteiger charge is -2.08. The van der Waals surface area contributed by atoms with Crippen molar-refractivity contribution in [2.45, 2.75) is 38.6 Å². The molecule has 0 aliphatic heterocycles. The van der Waals surface area contributed by atoms with Crippen LogP contribution in [0.25, 0.3) is 0 Å². The quantitative estimate of drug-likeness (QED) is 0.837. The topological polar surface area (TPSA) is 84.2 Å². The largest absolute Gasteiger partial charge is 0.477 e. The highest BCUT2D eigenvalue weighted by atomic mass is 16.4. The van der Waals surface area contributed by atoms with Crippen LogP contribution in [-0.2, 0) is 4.79 Å². The molecular formula is C11H15N3O3. The van der Waals surface area contributed by atoms with Gasteiger partial charge in [0.15, 0.2) is 5.82 Å². The van der Waals surface area contributed by atoms with Gasteiger partial charge < -0.3 is 10.4 Å². The van der Waals surface area contributed by atoms with E-state index >= 15 is 0 Å². The van der Waals surface area contributed by atoms with Gasteiger partial charge in [-0.15, -0.1) is 0 Å². The number of carboxylic acid groups (broad SMARTS) is 1. The van der Waals surface area contributed by atoms with Crippen LogP contribution in [0, 0.1) is 0 Å². The van der Waals surface area contributed by atoms with Gasteiger partial charge in [-0.1, -0.05) is 12.8 Å². The van der Waals surface area contributed by atoms with E-state index in [0.29, 0.717) is 0 Å². The lowest BCUT2D eigenvalue weighted by Crippen LogP contribution is -2.10. The molecule has 2 rings (SSSR count). The van der Waals surface area contributed by atoms with E-state index in [0.717, 1.165) is 25.7 Å². The third-order valence-electron chi connectivity index (χ3n) is 2.96. The number of carboxylic acids is 1. The van der Waals surface area contributed by atoms with Crippen LogP contribution in [-0.4, -0.2) is 26.8 Å². The number of rotatable bonds is 3. The highest BCUT2D eigenvalue weighted by Crippen LogP contribution is 2.30. The number of aromatic carboxylic acids is 1. The van der Waals surface area contributed by atoms with Gasteiger partial charge in [-0.25, -0.2) is 4.79 Å². The van der Waals surface area contributed by atoms with E-state index in [1.165, 1.54) is 13.1 Å². The summed E-state index contributed by atoms with van der Waals surface area (Å²) in [5, 5.41) is 15.6. The van der Waals surface area contributed by atoms with Gasteiger partial charge in [-0.2, -0.15) is 5.10 Å². The molecule has 6 nitrogen and oxygen atoms in total. The fourth-order valence-corrected chi connectivity index (χ4v) is 2.16. The Kier molecular flexibility index (Phi) is 3.12. The number of carbonyl (C=O) groups excluding carboxylic acids is 1. The zero-order valence-corrected chi connectivity index (χ0v) is 9.64. The molecule has 0 atom stereocenters. The summed E-state index contributed by atoms with van der Waals surface area (Å²) in [7, 11) is 0. The summed E-state index contributed by atoms with van der Waals surface area (Å²) in [6.07, 6.45) is 5.81. The molecule has 0 saturated heterocycles. The summed E-state index contributed by atoms with van der Waals surface area (Å²) in [5.41, 5.74) is 0.0482. The monoisotopic (exact) mass is 237 g/mol. The van der Waals surface area contributed by atoms with E-state index in [1.54, 1.807) is 4.68 Å². The molecule has 1 aliphatic rings. The number of carbonyl (C=O) groups is 2. The van der Waals surface area contributed by atoms with Gasteiger partial charge in [-0.3, -0.25) is 9.48 Å². The molecule has 1 aromatic rings. The Labute approximate surface area is 98.6 Å². The van der Waals surface area contributed by atoms with Gasteiger partial charge in [0.2, 0.25) is 5.91 Å². The number of nitrogens with one attached hydrogen (secondary N) is 1. The fraction of sp³-hybridized carbons (Fsp3) is 0.545. The van der Waals surface area contributed by atoms with Crippen molar-refractivity contribution < 1.29 is 14.7 Å². The van der Waals surface area contributed by atoms with Crippen molar-refractivity contribution in [2.75, 3.05) is 5.32 Å². The first-order valence-corrected chi connectivity index (χ1v) is 5.68. The van der Waals surface area contributed by atoms with E-state index in [2.05, 4.69) is 10.4 Å². The maximum Gasteiger partial charge on any atom is 0.341 e. The van der Waals surface area contributed by atoms with Crippen LogP contribution in [0.15, 0.2) is 6.20 Å². The van der Waals surface area contributed by atoms with Crippen LogP contribution in [0.4, 0.5) is 5.82 Å². The minimum atomic E-state index is -1.07. The van der Waals surface area contributed by atoms with Crippen molar-refractivity contribution in [1.82, 2.24) is 9.78 Å². The number of hydrogen-bond acceptors (Lipinski definition) is 3. The maximum atomic E-state index is 11.0. The molecule has 1 aliphatic carbocycles. The molecule has 1 aromatic heterocycles. The van der Waals surface area contributed by atoms with Crippen molar-refractivity contribution in [1.29, 1.82) is 0 Å². The summed E-state index contributed by atoms with van der Waals surface area (Å²) in [4.78, 5) is 22.0. The van der Waals surface area contributed by atoms with Crippen LogP contribution in [0.2, 0.25) is 0 Å². The Morgan fingerprint density at radius 2 is 2.12 bits per heavy atom. The van der Waals surface area contributed by atoms with Crippen LogP contribution < -0.4 is 5.32 Å². The molecule has 1 heterocycles. The summed E-state index contributed by atoms with van der Waals surface area (Å²) in [6.45, 7) is 1.33. The smallest absolute Gasteiger partial charge is 0.341 e. The summed E-state index contributed by atoms with van der Waals surface area (Å²) >= 11 is 0. The average Bonchev–Trinajstić information content (AvgIpc) is 2.82. The number of anilines is 1. The van der Waals surface area contributed by atoms with E-state index in [-0.39, 0.29) is 23.3 Å². The Morgan fingerprint density at radius 1 is 1.47 bits per heavy atom. The van der Waals surface area contributed by atoms with E-state index in [1.807, 2.05) is 0 Å². The zero-order chi connectivity index (χ0) is 12.4. The third kappa shape index (κ3) is 2.46. The first-order valence-electron chi connectivity index (χ1n) is 5.68. The minimum absolute atomic E-state index is 0.0482. The van der Waals surface area contributed by atoms with Crippen molar-refractivity contribution in [2.24, 2.45) is 0 Å². The second-order valence-electron chi connectivity index (χ2n) is 4.30. The molecule has 6 heteroatoms. The first kappa shape index (κ1) is 11.6. The van der Waals surface area contributed by atoms with Crippen molar-refractivity contribution in [3.63, 3.8) is 0 Å². The highest BCUT2D eigenvalue weighted by molar-refractivity contribution is 5.98. The molecule has 17 heavy (non-hydrogen) atoms. The number of amides is 1. The number of aromatic nitrogens is 2. The molecule has 1 saturated carbocycles. The van der Waals surface area contributed by atoms with E-state index < -0.39 is 5.97 Å². The van der Waals surface area contributed by atoms with E-state index in [9.17, 15) is 9.59 Å². The third-order valence-corrected chi connectivity index (χ3v) is 2.96. The molecule has 0 bridgehead atoms. The summed E-state index contributed by atoms with van der Waals surface area (Å²) in [5.74, 6) is -1.25. The maximum absolute atomic E-state index is 11.0.